The van der Waals surface area contributed by atoms with Crippen LogP contribution in [0, 0.1) is 5.92 Å². The van der Waals surface area contributed by atoms with Crippen molar-refractivity contribution < 1.29 is 9.47 Å². The van der Waals surface area contributed by atoms with Crippen molar-refractivity contribution >= 4 is 45.9 Å². The maximum Gasteiger partial charge on any atom is 0.193 e. The van der Waals surface area contributed by atoms with Gasteiger partial charge in [-0.3, -0.25) is 4.99 Å². The van der Waals surface area contributed by atoms with Crippen LogP contribution >= 0.6 is 39.9 Å². The Hall–Kier alpha value is -0.380. The van der Waals surface area contributed by atoms with Gasteiger partial charge in [-0.2, -0.15) is 0 Å². The molecule has 0 radical (unpaired) electrons. The molecule has 0 amide bonds. The van der Waals surface area contributed by atoms with E-state index in [1.807, 2.05) is 6.07 Å². The topological polar surface area (TPSA) is 46.1 Å². The summed E-state index contributed by atoms with van der Waals surface area (Å²) in [5, 5.41) is 3.36. The average Bonchev–Trinajstić information content (AvgIpc) is 3.12. The molecule has 1 atom stereocenters. The van der Waals surface area contributed by atoms with E-state index in [4.69, 9.17) is 14.5 Å². The Morgan fingerprint density at radius 3 is 2.92 bits per heavy atom. The molecule has 1 aromatic carbocycles. The zero-order valence-corrected chi connectivity index (χ0v) is 19.7. The summed E-state index contributed by atoms with van der Waals surface area (Å²) in [4.78, 5) is 6.87. The van der Waals surface area contributed by atoms with Crippen LogP contribution in [0.15, 0.2) is 33.7 Å². The molecule has 0 bridgehead atoms. The molecule has 148 valence electrons. The highest BCUT2D eigenvalue weighted by Crippen LogP contribution is 2.17. The molecule has 0 spiro atoms. The van der Waals surface area contributed by atoms with Crippen LogP contribution in [0.1, 0.15) is 25.3 Å². The summed E-state index contributed by atoms with van der Waals surface area (Å²) in [6, 6.07) is 8.29. The lowest BCUT2D eigenvalue weighted by molar-refractivity contribution is 0.0893. The van der Waals surface area contributed by atoms with E-state index in [1.54, 1.807) is 0 Å². The summed E-state index contributed by atoms with van der Waals surface area (Å²) in [6.45, 7) is 7.83. The maximum absolute atomic E-state index is 5.74. The van der Waals surface area contributed by atoms with Crippen LogP contribution in [-0.2, 0) is 16.0 Å². The van der Waals surface area contributed by atoms with Gasteiger partial charge in [0.15, 0.2) is 5.96 Å². The fraction of sp³-hybridized carbons (Fsp3) is 0.632. The number of benzene rings is 1. The minimum Gasteiger partial charge on any atom is -0.381 e. The van der Waals surface area contributed by atoms with E-state index < -0.39 is 0 Å². The number of nitrogens with one attached hydrogen (secondary N) is 1. The van der Waals surface area contributed by atoms with Gasteiger partial charge in [0.1, 0.15) is 0 Å². The third-order valence-corrected chi connectivity index (χ3v) is 4.92. The Kier molecular flexibility index (Phi) is 12.5. The first-order chi connectivity index (χ1) is 12.2. The normalized spacial score (nSPS) is 17.0. The molecule has 5 nitrogen and oxygen atoms in total. The van der Waals surface area contributed by atoms with E-state index >= 15 is 0 Å². The van der Waals surface area contributed by atoms with Gasteiger partial charge in [0, 0.05) is 50.3 Å². The second-order valence-electron chi connectivity index (χ2n) is 6.34. The second-order valence-corrected chi connectivity index (χ2v) is 7.20. The standard InChI is InChI=1S/C19H30BrN3O2.HI/c1-3-21-19(23(2)13-17-7-4-5-8-18(17)20)22-10-6-11-24-14-16-9-12-25-15-16;/h4-5,7-8,16H,3,6,9-15H2,1-2H3,(H,21,22);1H. The monoisotopic (exact) mass is 539 g/mol. The number of hydrogen-bond acceptors (Lipinski definition) is 3. The fourth-order valence-corrected chi connectivity index (χ4v) is 3.15. The number of halogens is 2. The summed E-state index contributed by atoms with van der Waals surface area (Å²) in [7, 11) is 2.07. The molecule has 1 saturated heterocycles. The number of aliphatic imine (C=N–C) groups is 1. The zero-order chi connectivity index (χ0) is 17.9. The molecule has 7 heteroatoms. The molecule has 0 aliphatic carbocycles. The number of ether oxygens (including phenoxy) is 2. The molecule has 0 saturated carbocycles. The van der Waals surface area contributed by atoms with E-state index in [-0.39, 0.29) is 24.0 Å². The predicted octanol–water partition coefficient (Wildman–Crippen LogP) is 3.91. The van der Waals surface area contributed by atoms with Crippen molar-refractivity contribution in [1.29, 1.82) is 0 Å². The Morgan fingerprint density at radius 2 is 2.23 bits per heavy atom. The van der Waals surface area contributed by atoms with Crippen LogP contribution < -0.4 is 5.32 Å². The van der Waals surface area contributed by atoms with Gasteiger partial charge in [0.05, 0.1) is 13.2 Å². The van der Waals surface area contributed by atoms with Crippen LogP contribution in [0.4, 0.5) is 0 Å². The van der Waals surface area contributed by atoms with Gasteiger partial charge in [-0.25, -0.2) is 0 Å². The number of guanidine groups is 1. The summed E-state index contributed by atoms with van der Waals surface area (Å²) in [6.07, 6.45) is 2.06. The second kappa shape index (κ2) is 13.7. The quantitative estimate of drug-likeness (QED) is 0.224. The lowest BCUT2D eigenvalue weighted by atomic mass is 10.1. The van der Waals surface area contributed by atoms with Crippen LogP contribution in [0.2, 0.25) is 0 Å². The summed E-state index contributed by atoms with van der Waals surface area (Å²) >= 11 is 3.61. The highest BCUT2D eigenvalue weighted by Gasteiger charge is 2.15. The molecule has 1 fully saturated rings. The fourth-order valence-electron chi connectivity index (χ4n) is 2.74. The van der Waals surface area contributed by atoms with Gasteiger partial charge in [0.25, 0.3) is 0 Å². The first-order valence-electron chi connectivity index (χ1n) is 9.09. The van der Waals surface area contributed by atoms with Crippen molar-refractivity contribution in [2.75, 3.05) is 46.6 Å². The van der Waals surface area contributed by atoms with Crippen LogP contribution in [0.3, 0.4) is 0 Å². The van der Waals surface area contributed by atoms with Crippen LogP contribution in [-0.4, -0.2) is 57.4 Å². The molecule has 1 unspecified atom stereocenters. The minimum absolute atomic E-state index is 0. The van der Waals surface area contributed by atoms with Crippen LogP contribution in [0.5, 0.6) is 0 Å². The number of hydrogen-bond donors (Lipinski definition) is 1. The Balaban J connectivity index is 0.00000338. The van der Waals surface area contributed by atoms with E-state index in [0.717, 1.165) is 69.3 Å². The Bertz CT molecular complexity index is 539. The van der Waals surface area contributed by atoms with Crippen molar-refractivity contribution in [1.82, 2.24) is 10.2 Å². The van der Waals surface area contributed by atoms with Crippen LogP contribution in [0.25, 0.3) is 0 Å². The highest BCUT2D eigenvalue weighted by atomic mass is 127. The van der Waals surface area contributed by atoms with E-state index in [9.17, 15) is 0 Å². The maximum atomic E-state index is 5.74. The van der Waals surface area contributed by atoms with Crippen molar-refractivity contribution in [3.63, 3.8) is 0 Å². The van der Waals surface area contributed by atoms with Gasteiger partial charge >= 0.3 is 0 Å². The van der Waals surface area contributed by atoms with Gasteiger partial charge in [-0.15, -0.1) is 24.0 Å². The molecule has 1 aliphatic rings. The lowest BCUT2D eigenvalue weighted by Gasteiger charge is -2.22. The smallest absolute Gasteiger partial charge is 0.193 e. The molecule has 1 aromatic rings. The SMILES string of the molecule is CCNC(=NCCCOCC1CCOC1)N(C)Cc1ccccc1Br.I. The molecule has 1 heterocycles. The summed E-state index contributed by atoms with van der Waals surface area (Å²) in [5.74, 6) is 1.51. The van der Waals surface area contributed by atoms with Crippen molar-refractivity contribution in [3.05, 3.63) is 34.3 Å². The molecule has 1 N–H and O–H groups in total. The predicted molar refractivity (Wildman–Crippen MR) is 121 cm³/mol. The van der Waals surface area contributed by atoms with E-state index in [1.165, 1.54) is 5.56 Å². The van der Waals surface area contributed by atoms with Crippen molar-refractivity contribution in [2.45, 2.75) is 26.3 Å². The Labute approximate surface area is 183 Å². The van der Waals surface area contributed by atoms with Crippen molar-refractivity contribution in [3.8, 4) is 0 Å². The van der Waals surface area contributed by atoms with E-state index in [2.05, 4.69) is 58.3 Å². The zero-order valence-electron chi connectivity index (χ0n) is 15.7. The first kappa shape index (κ1) is 23.7. The third kappa shape index (κ3) is 8.54. The van der Waals surface area contributed by atoms with Gasteiger partial charge in [-0.1, -0.05) is 34.1 Å². The molecule has 0 aromatic heterocycles. The van der Waals surface area contributed by atoms with E-state index in [0.29, 0.717) is 5.92 Å². The molecule has 26 heavy (non-hydrogen) atoms. The number of rotatable bonds is 9. The molecular weight excluding hydrogens is 509 g/mol. The first-order valence-corrected chi connectivity index (χ1v) is 9.88. The van der Waals surface area contributed by atoms with Gasteiger partial charge in [0.2, 0.25) is 0 Å². The van der Waals surface area contributed by atoms with Crippen molar-refractivity contribution in [2.24, 2.45) is 10.9 Å². The minimum atomic E-state index is 0. The summed E-state index contributed by atoms with van der Waals surface area (Å²) in [5.41, 5.74) is 1.25. The largest absolute Gasteiger partial charge is 0.381 e. The summed E-state index contributed by atoms with van der Waals surface area (Å²) < 4.78 is 12.2. The molecule has 1 aliphatic heterocycles. The Morgan fingerprint density at radius 1 is 1.42 bits per heavy atom. The lowest BCUT2D eigenvalue weighted by Crippen LogP contribution is -2.38. The van der Waals surface area contributed by atoms with Gasteiger partial charge in [-0.05, 0) is 31.4 Å². The molecular formula is C19H31BrIN3O2. The van der Waals surface area contributed by atoms with Gasteiger partial charge < -0.3 is 19.7 Å². The average molecular weight is 540 g/mol. The number of nitrogens with zero attached hydrogens (tertiary/aromatic N) is 2. The highest BCUT2D eigenvalue weighted by molar-refractivity contribution is 14.0. The third-order valence-electron chi connectivity index (χ3n) is 4.15. The molecule has 2 rings (SSSR count).